The molecule has 4 heteroatoms. The average Bonchev–Trinajstić information content (AvgIpc) is 3.07. The number of benzene rings is 1. The molecule has 0 aliphatic heterocycles. The lowest BCUT2D eigenvalue weighted by Gasteiger charge is -2.15. The molecular formula is C13H17NO3. The molecular weight excluding hydrogens is 218 g/mol. The number of aliphatic carboxylic acids is 1. The van der Waals surface area contributed by atoms with Crippen LogP contribution in [0, 0.1) is 6.92 Å². The summed E-state index contributed by atoms with van der Waals surface area (Å²) in [4.78, 5) is 11.0. The number of nitrogens with one attached hydrogen (secondary N) is 1. The van der Waals surface area contributed by atoms with Crippen LogP contribution in [0.5, 0.6) is 5.75 Å². The Labute approximate surface area is 101 Å². The first-order valence-corrected chi connectivity index (χ1v) is 5.83. The number of carbonyl (C=O) groups is 1. The zero-order valence-corrected chi connectivity index (χ0v) is 9.85. The highest BCUT2D eigenvalue weighted by Crippen LogP contribution is 2.20. The second-order valence-corrected chi connectivity index (χ2v) is 4.46. The first kappa shape index (κ1) is 11.9. The van der Waals surface area contributed by atoms with Gasteiger partial charge in [0.15, 0.2) is 0 Å². The second kappa shape index (κ2) is 5.19. The van der Waals surface area contributed by atoms with Crippen LogP contribution in [0.4, 0.5) is 0 Å². The van der Waals surface area contributed by atoms with Gasteiger partial charge in [-0.2, -0.15) is 0 Å². The Morgan fingerprint density at radius 2 is 2.35 bits per heavy atom. The van der Waals surface area contributed by atoms with Crippen LogP contribution in [-0.2, 0) is 4.79 Å². The highest BCUT2D eigenvalue weighted by molar-refractivity contribution is 5.73. The van der Waals surface area contributed by atoms with Crippen LogP contribution < -0.4 is 10.1 Å². The van der Waals surface area contributed by atoms with E-state index in [1.807, 2.05) is 31.2 Å². The summed E-state index contributed by atoms with van der Waals surface area (Å²) in [6.45, 7) is 2.14. The smallest absolute Gasteiger partial charge is 0.324 e. The fourth-order valence-corrected chi connectivity index (χ4v) is 1.61. The van der Waals surface area contributed by atoms with Crippen LogP contribution in [0.15, 0.2) is 24.3 Å². The highest BCUT2D eigenvalue weighted by atomic mass is 16.5. The Balaban J connectivity index is 1.87. The van der Waals surface area contributed by atoms with Crippen molar-refractivity contribution in [2.24, 2.45) is 0 Å². The zero-order valence-electron chi connectivity index (χ0n) is 9.85. The topological polar surface area (TPSA) is 58.6 Å². The molecule has 0 saturated heterocycles. The number of aryl methyl sites for hydroxylation is 1. The Bertz CT molecular complexity index is 401. The molecule has 1 unspecified atom stereocenters. The summed E-state index contributed by atoms with van der Waals surface area (Å²) in [6.07, 6.45) is 2.13. The maximum atomic E-state index is 11.0. The summed E-state index contributed by atoms with van der Waals surface area (Å²) in [6, 6.07) is 7.35. The van der Waals surface area contributed by atoms with Gasteiger partial charge in [-0.15, -0.1) is 0 Å². The summed E-state index contributed by atoms with van der Waals surface area (Å²) >= 11 is 0. The molecule has 1 fully saturated rings. The molecule has 0 amide bonds. The Morgan fingerprint density at radius 3 is 2.94 bits per heavy atom. The van der Waals surface area contributed by atoms with E-state index >= 15 is 0 Å². The molecule has 0 spiro atoms. The number of hydrogen-bond acceptors (Lipinski definition) is 3. The molecule has 0 bridgehead atoms. The molecule has 2 N–H and O–H groups in total. The molecule has 1 aromatic carbocycles. The minimum atomic E-state index is -0.857. The third-order valence-electron chi connectivity index (χ3n) is 2.72. The third kappa shape index (κ3) is 3.75. The number of ether oxygens (including phenoxy) is 1. The van der Waals surface area contributed by atoms with Crippen molar-refractivity contribution in [3.05, 3.63) is 29.8 Å². The van der Waals surface area contributed by atoms with Crippen LogP contribution in [0.2, 0.25) is 0 Å². The molecule has 1 aromatic rings. The van der Waals surface area contributed by atoms with E-state index in [0.29, 0.717) is 11.8 Å². The lowest BCUT2D eigenvalue weighted by atomic mass is 10.2. The molecule has 0 heterocycles. The lowest BCUT2D eigenvalue weighted by Crippen LogP contribution is -2.42. The van der Waals surface area contributed by atoms with Crippen molar-refractivity contribution in [2.75, 3.05) is 6.61 Å². The van der Waals surface area contributed by atoms with E-state index < -0.39 is 12.0 Å². The van der Waals surface area contributed by atoms with Crippen LogP contribution >= 0.6 is 0 Å². The number of hydrogen-bond donors (Lipinski definition) is 2. The molecule has 17 heavy (non-hydrogen) atoms. The van der Waals surface area contributed by atoms with Gasteiger partial charge in [0.05, 0.1) is 0 Å². The first-order chi connectivity index (χ1) is 8.15. The van der Waals surface area contributed by atoms with Crippen molar-refractivity contribution in [1.82, 2.24) is 5.32 Å². The van der Waals surface area contributed by atoms with Crippen molar-refractivity contribution in [2.45, 2.75) is 31.8 Å². The Hall–Kier alpha value is -1.55. The first-order valence-electron chi connectivity index (χ1n) is 5.83. The maximum absolute atomic E-state index is 11.0. The molecule has 1 atom stereocenters. The van der Waals surface area contributed by atoms with Gasteiger partial charge in [-0.05, 0) is 37.5 Å². The summed E-state index contributed by atoms with van der Waals surface area (Å²) < 4.78 is 5.50. The normalized spacial score (nSPS) is 16.5. The number of carboxylic acid groups (broad SMARTS) is 1. The van der Waals surface area contributed by atoms with Gasteiger partial charge in [0.25, 0.3) is 0 Å². The van der Waals surface area contributed by atoms with Crippen LogP contribution in [0.1, 0.15) is 18.4 Å². The molecule has 2 rings (SSSR count). The second-order valence-electron chi connectivity index (χ2n) is 4.46. The number of rotatable bonds is 6. The van der Waals surface area contributed by atoms with Crippen LogP contribution in [-0.4, -0.2) is 29.8 Å². The van der Waals surface area contributed by atoms with Crippen molar-refractivity contribution in [3.8, 4) is 5.75 Å². The lowest BCUT2D eigenvalue weighted by molar-refractivity contribution is -0.140. The SMILES string of the molecule is Cc1cccc(OCC(NC2CC2)C(=O)O)c1. The van der Waals surface area contributed by atoms with Crippen LogP contribution in [0.25, 0.3) is 0 Å². The van der Waals surface area contributed by atoms with E-state index in [1.54, 1.807) is 0 Å². The summed E-state index contributed by atoms with van der Waals surface area (Å²) in [5.41, 5.74) is 1.10. The average molecular weight is 235 g/mol. The highest BCUT2D eigenvalue weighted by Gasteiger charge is 2.28. The fraction of sp³-hybridized carbons (Fsp3) is 0.462. The molecule has 4 nitrogen and oxygen atoms in total. The van der Waals surface area contributed by atoms with Gasteiger partial charge in [-0.3, -0.25) is 10.1 Å². The Kier molecular flexibility index (Phi) is 3.64. The van der Waals surface area contributed by atoms with Crippen molar-refractivity contribution < 1.29 is 14.6 Å². The summed E-state index contributed by atoms with van der Waals surface area (Å²) in [7, 11) is 0. The fourth-order valence-electron chi connectivity index (χ4n) is 1.61. The molecule has 92 valence electrons. The third-order valence-corrected chi connectivity index (χ3v) is 2.72. The van der Waals surface area contributed by atoms with E-state index in [9.17, 15) is 4.79 Å². The predicted octanol–water partition coefficient (Wildman–Crippen LogP) is 1.58. The van der Waals surface area contributed by atoms with Gasteiger partial charge in [-0.1, -0.05) is 12.1 Å². The molecule has 0 radical (unpaired) electrons. The summed E-state index contributed by atoms with van der Waals surface area (Å²) in [5, 5.41) is 12.1. The van der Waals surface area contributed by atoms with E-state index in [4.69, 9.17) is 9.84 Å². The minimum absolute atomic E-state index is 0.162. The van der Waals surface area contributed by atoms with Gasteiger partial charge in [0.1, 0.15) is 18.4 Å². The van der Waals surface area contributed by atoms with Crippen molar-refractivity contribution in [3.63, 3.8) is 0 Å². The molecule has 1 aliphatic carbocycles. The van der Waals surface area contributed by atoms with Gasteiger partial charge >= 0.3 is 5.97 Å². The van der Waals surface area contributed by atoms with E-state index in [1.165, 1.54) is 0 Å². The largest absolute Gasteiger partial charge is 0.491 e. The van der Waals surface area contributed by atoms with E-state index in [2.05, 4.69) is 5.32 Å². The van der Waals surface area contributed by atoms with Crippen molar-refractivity contribution in [1.29, 1.82) is 0 Å². The zero-order chi connectivity index (χ0) is 12.3. The van der Waals surface area contributed by atoms with E-state index in [0.717, 1.165) is 18.4 Å². The van der Waals surface area contributed by atoms with Crippen molar-refractivity contribution >= 4 is 5.97 Å². The van der Waals surface area contributed by atoms with Gasteiger partial charge in [-0.25, -0.2) is 0 Å². The molecule has 0 aromatic heterocycles. The predicted molar refractivity (Wildman–Crippen MR) is 64.3 cm³/mol. The molecule has 1 saturated carbocycles. The standard InChI is InChI=1S/C13H17NO3/c1-9-3-2-4-11(7-9)17-8-12(13(15)16)14-10-5-6-10/h2-4,7,10,12,14H,5-6,8H2,1H3,(H,15,16). The van der Waals surface area contributed by atoms with Gasteiger partial charge < -0.3 is 9.84 Å². The molecule has 1 aliphatic rings. The monoisotopic (exact) mass is 235 g/mol. The quantitative estimate of drug-likeness (QED) is 0.786. The van der Waals surface area contributed by atoms with E-state index in [-0.39, 0.29) is 6.61 Å². The van der Waals surface area contributed by atoms with Gasteiger partial charge in [0.2, 0.25) is 0 Å². The number of carboxylic acids is 1. The minimum Gasteiger partial charge on any atom is -0.491 e. The Morgan fingerprint density at radius 1 is 1.59 bits per heavy atom. The van der Waals surface area contributed by atoms with Crippen LogP contribution in [0.3, 0.4) is 0 Å². The maximum Gasteiger partial charge on any atom is 0.324 e. The van der Waals surface area contributed by atoms with Gasteiger partial charge in [0, 0.05) is 6.04 Å². The summed E-state index contributed by atoms with van der Waals surface area (Å²) in [5.74, 6) is -0.140.